The maximum Gasteiger partial charge on any atom is 0.0743 e. The molecule has 1 rings (SSSR count). The summed E-state index contributed by atoms with van der Waals surface area (Å²) in [5.41, 5.74) is -0.502. The standard InChI is InChI=1S/C12H25NO/c1-5-12(4,14)9-13-8-6-7-11(13)10(2)3/h10-11,14H,5-9H2,1-4H3. The van der Waals surface area contributed by atoms with Gasteiger partial charge in [-0.3, -0.25) is 4.90 Å². The predicted octanol–water partition coefficient (Wildman–Crippen LogP) is 2.27. The number of hydrogen-bond acceptors (Lipinski definition) is 2. The normalized spacial score (nSPS) is 28.3. The van der Waals surface area contributed by atoms with E-state index in [9.17, 15) is 5.11 Å². The molecule has 1 N–H and O–H groups in total. The van der Waals surface area contributed by atoms with Gasteiger partial charge in [0.25, 0.3) is 0 Å². The van der Waals surface area contributed by atoms with Crippen molar-refractivity contribution in [3.63, 3.8) is 0 Å². The van der Waals surface area contributed by atoms with Crippen LogP contribution in [0.15, 0.2) is 0 Å². The minimum absolute atomic E-state index is 0.502. The first-order valence-electron chi connectivity index (χ1n) is 5.92. The van der Waals surface area contributed by atoms with Crippen molar-refractivity contribution in [3.05, 3.63) is 0 Å². The Morgan fingerprint density at radius 3 is 2.64 bits per heavy atom. The second-order valence-electron chi connectivity index (χ2n) is 5.27. The van der Waals surface area contributed by atoms with Gasteiger partial charge in [0.15, 0.2) is 0 Å². The first kappa shape index (κ1) is 12.0. The summed E-state index contributed by atoms with van der Waals surface area (Å²) in [5.74, 6) is 0.713. The lowest BCUT2D eigenvalue weighted by molar-refractivity contribution is 0.00745. The quantitative estimate of drug-likeness (QED) is 0.751. The average Bonchev–Trinajstić information content (AvgIpc) is 2.51. The molecule has 2 heteroatoms. The van der Waals surface area contributed by atoms with Crippen LogP contribution in [0.2, 0.25) is 0 Å². The number of hydrogen-bond donors (Lipinski definition) is 1. The molecular formula is C12H25NO. The first-order chi connectivity index (χ1) is 6.46. The fourth-order valence-electron chi connectivity index (χ4n) is 2.35. The van der Waals surface area contributed by atoms with E-state index in [1.54, 1.807) is 0 Å². The lowest BCUT2D eigenvalue weighted by Crippen LogP contribution is -2.44. The zero-order valence-electron chi connectivity index (χ0n) is 10.1. The minimum atomic E-state index is -0.502. The Bertz CT molecular complexity index is 177. The number of rotatable bonds is 4. The van der Waals surface area contributed by atoms with Crippen LogP contribution < -0.4 is 0 Å². The summed E-state index contributed by atoms with van der Waals surface area (Å²) in [6.45, 7) is 10.6. The highest BCUT2D eigenvalue weighted by Gasteiger charge is 2.31. The highest BCUT2D eigenvalue weighted by Crippen LogP contribution is 2.26. The third-order valence-electron chi connectivity index (χ3n) is 3.49. The van der Waals surface area contributed by atoms with Crippen LogP contribution in [-0.2, 0) is 0 Å². The monoisotopic (exact) mass is 199 g/mol. The van der Waals surface area contributed by atoms with E-state index in [4.69, 9.17) is 0 Å². The van der Waals surface area contributed by atoms with Gasteiger partial charge in [0, 0.05) is 12.6 Å². The van der Waals surface area contributed by atoms with E-state index in [0.29, 0.717) is 12.0 Å². The zero-order valence-corrected chi connectivity index (χ0v) is 10.1. The molecule has 0 aromatic carbocycles. The van der Waals surface area contributed by atoms with E-state index in [1.807, 2.05) is 6.92 Å². The smallest absolute Gasteiger partial charge is 0.0743 e. The van der Waals surface area contributed by atoms with Gasteiger partial charge >= 0.3 is 0 Å². The van der Waals surface area contributed by atoms with Crippen molar-refractivity contribution in [3.8, 4) is 0 Å². The largest absolute Gasteiger partial charge is 0.389 e. The van der Waals surface area contributed by atoms with Gasteiger partial charge in [-0.25, -0.2) is 0 Å². The molecule has 1 aliphatic rings. The van der Waals surface area contributed by atoms with E-state index in [0.717, 1.165) is 13.0 Å². The molecule has 0 saturated carbocycles. The predicted molar refractivity (Wildman–Crippen MR) is 60.3 cm³/mol. The fourth-order valence-corrected chi connectivity index (χ4v) is 2.35. The lowest BCUT2D eigenvalue weighted by Gasteiger charge is -2.33. The lowest BCUT2D eigenvalue weighted by atomic mass is 9.98. The molecule has 84 valence electrons. The Hall–Kier alpha value is -0.0800. The molecular weight excluding hydrogens is 174 g/mol. The van der Waals surface area contributed by atoms with Crippen LogP contribution in [0.25, 0.3) is 0 Å². The number of aliphatic hydroxyl groups is 1. The van der Waals surface area contributed by atoms with Gasteiger partial charge in [-0.1, -0.05) is 20.8 Å². The second-order valence-corrected chi connectivity index (χ2v) is 5.27. The summed E-state index contributed by atoms with van der Waals surface area (Å²) in [6.07, 6.45) is 3.44. The van der Waals surface area contributed by atoms with E-state index in [-0.39, 0.29) is 0 Å². The van der Waals surface area contributed by atoms with Gasteiger partial charge in [-0.2, -0.15) is 0 Å². The van der Waals surface area contributed by atoms with Crippen molar-refractivity contribution >= 4 is 0 Å². The third-order valence-corrected chi connectivity index (χ3v) is 3.49. The van der Waals surface area contributed by atoms with E-state index in [1.165, 1.54) is 19.4 Å². The molecule has 14 heavy (non-hydrogen) atoms. The van der Waals surface area contributed by atoms with Crippen molar-refractivity contribution in [2.45, 2.75) is 58.6 Å². The Labute approximate surface area is 88.3 Å². The Morgan fingerprint density at radius 2 is 2.14 bits per heavy atom. The molecule has 1 heterocycles. The van der Waals surface area contributed by atoms with Gasteiger partial charge in [-0.15, -0.1) is 0 Å². The van der Waals surface area contributed by atoms with Crippen LogP contribution in [-0.4, -0.2) is 34.7 Å². The maximum atomic E-state index is 10.0. The second kappa shape index (κ2) is 4.63. The Kier molecular flexibility index (Phi) is 3.96. The Morgan fingerprint density at radius 1 is 1.50 bits per heavy atom. The molecule has 1 aliphatic heterocycles. The van der Waals surface area contributed by atoms with Crippen molar-refractivity contribution in [2.75, 3.05) is 13.1 Å². The molecule has 1 saturated heterocycles. The van der Waals surface area contributed by atoms with Crippen molar-refractivity contribution in [1.82, 2.24) is 4.90 Å². The van der Waals surface area contributed by atoms with Crippen molar-refractivity contribution in [2.24, 2.45) is 5.92 Å². The summed E-state index contributed by atoms with van der Waals surface area (Å²) in [7, 11) is 0. The van der Waals surface area contributed by atoms with Gasteiger partial charge in [0.2, 0.25) is 0 Å². The highest BCUT2D eigenvalue weighted by molar-refractivity contribution is 4.86. The van der Waals surface area contributed by atoms with Gasteiger partial charge < -0.3 is 5.11 Å². The number of likely N-dealkylation sites (tertiary alicyclic amines) is 1. The highest BCUT2D eigenvalue weighted by atomic mass is 16.3. The number of nitrogens with zero attached hydrogens (tertiary/aromatic N) is 1. The van der Waals surface area contributed by atoms with Gasteiger partial charge in [0.05, 0.1) is 5.60 Å². The van der Waals surface area contributed by atoms with Crippen LogP contribution in [0, 0.1) is 5.92 Å². The topological polar surface area (TPSA) is 23.5 Å². The van der Waals surface area contributed by atoms with E-state index >= 15 is 0 Å². The molecule has 0 aromatic rings. The van der Waals surface area contributed by atoms with Crippen LogP contribution in [0.4, 0.5) is 0 Å². The molecule has 2 atom stereocenters. The number of β-amino-alcohol motifs (C(OH)–C–C–N with tert-alkyl or cyclic N) is 1. The van der Waals surface area contributed by atoms with Gasteiger partial charge in [-0.05, 0) is 38.6 Å². The summed E-state index contributed by atoms with van der Waals surface area (Å²) < 4.78 is 0. The molecule has 1 fully saturated rings. The third kappa shape index (κ3) is 2.96. The van der Waals surface area contributed by atoms with Gasteiger partial charge in [0.1, 0.15) is 0 Å². The van der Waals surface area contributed by atoms with Crippen LogP contribution in [0.1, 0.15) is 47.0 Å². The summed E-state index contributed by atoms with van der Waals surface area (Å²) in [6, 6.07) is 0.688. The van der Waals surface area contributed by atoms with Crippen molar-refractivity contribution < 1.29 is 5.11 Å². The molecule has 0 bridgehead atoms. The average molecular weight is 199 g/mol. The van der Waals surface area contributed by atoms with E-state index < -0.39 is 5.60 Å². The van der Waals surface area contributed by atoms with E-state index in [2.05, 4.69) is 25.7 Å². The molecule has 0 aliphatic carbocycles. The SMILES string of the molecule is CCC(C)(O)CN1CCCC1C(C)C. The van der Waals surface area contributed by atoms with Crippen LogP contribution in [0.3, 0.4) is 0 Å². The van der Waals surface area contributed by atoms with Crippen LogP contribution in [0.5, 0.6) is 0 Å². The minimum Gasteiger partial charge on any atom is -0.389 e. The summed E-state index contributed by atoms with van der Waals surface area (Å²) in [4.78, 5) is 2.47. The molecule has 2 nitrogen and oxygen atoms in total. The Balaban J connectivity index is 2.51. The first-order valence-corrected chi connectivity index (χ1v) is 5.92. The fraction of sp³-hybridized carbons (Fsp3) is 1.00. The molecule has 0 aromatic heterocycles. The van der Waals surface area contributed by atoms with Crippen LogP contribution >= 0.6 is 0 Å². The summed E-state index contributed by atoms with van der Waals surface area (Å²) in [5, 5.41) is 10.0. The molecule has 2 unspecified atom stereocenters. The summed E-state index contributed by atoms with van der Waals surface area (Å²) >= 11 is 0. The molecule has 0 spiro atoms. The molecule has 0 radical (unpaired) electrons. The molecule has 0 amide bonds. The van der Waals surface area contributed by atoms with Crippen molar-refractivity contribution in [1.29, 1.82) is 0 Å². The maximum absolute atomic E-state index is 10.0. The zero-order chi connectivity index (χ0) is 10.8.